The summed E-state index contributed by atoms with van der Waals surface area (Å²) in [6, 6.07) is 5.26. The second-order valence-electron chi connectivity index (χ2n) is 3.56. The predicted octanol–water partition coefficient (Wildman–Crippen LogP) is 4.23. The summed E-state index contributed by atoms with van der Waals surface area (Å²) in [5.41, 5.74) is 0.874. The highest BCUT2D eigenvalue weighted by molar-refractivity contribution is 6.42. The maximum absolute atomic E-state index is 11.3. The van der Waals surface area contributed by atoms with Crippen molar-refractivity contribution in [3.63, 3.8) is 0 Å². The molecular weight excluding hydrogens is 231 g/mol. The average molecular weight is 243 g/mol. The normalized spacial score (nSPS) is 11.3. The van der Waals surface area contributed by atoms with Gasteiger partial charge in [-0.2, -0.15) is 0 Å². The van der Waals surface area contributed by atoms with Gasteiger partial charge >= 0.3 is 0 Å². The summed E-state index contributed by atoms with van der Waals surface area (Å²) in [6.07, 6.45) is 3.30. The highest BCUT2D eigenvalue weighted by Crippen LogP contribution is 2.23. The molecule has 0 heterocycles. The van der Waals surface area contributed by atoms with Crippen LogP contribution in [0, 0.1) is 5.92 Å². The first-order valence-electron chi connectivity index (χ1n) is 4.67. The Morgan fingerprint density at radius 2 is 1.93 bits per heavy atom. The van der Waals surface area contributed by atoms with E-state index in [9.17, 15) is 4.79 Å². The summed E-state index contributed by atoms with van der Waals surface area (Å²) in [4.78, 5) is 11.3. The molecule has 1 nitrogen and oxygen atoms in total. The quantitative estimate of drug-likeness (QED) is 0.726. The second-order valence-corrected chi connectivity index (χ2v) is 4.38. The summed E-state index contributed by atoms with van der Waals surface area (Å²) in [5.74, 6) is 0.116. The van der Waals surface area contributed by atoms with Crippen molar-refractivity contribution in [1.29, 1.82) is 0 Å². The van der Waals surface area contributed by atoms with Gasteiger partial charge in [-0.25, -0.2) is 0 Å². The third kappa shape index (κ3) is 3.69. The fraction of sp³-hybridized carbons (Fsp3) is 0.250. The van der Waals surface area contributed by atoms with Crippen molar-refractivity contribution in [3.05, 3.63) is 39.9 Å². The maximum atomic E-state index is 11.3. The molecule has 0 radical (unpaired) electrons. The number of allylic oxidation sites excluding steroid dienone is 1. The highest BCUT2D eigenvalue weighted by Gasteiger charge is 2.02. The molecule has 80 valence electrons. The predicted molar refractivity (Wildman–Crippen MR) is 65.3 cm³/mol. The molecule has 0 fully saturated rings. The lowest BCUT2D eigenvalue weighted by Crippen LogP contribution is -2.01. The van der Waals surface area contributed by atoms with Gasteiger partial charge in [-0.3, -0.25) is 4.79 Å². The van der Waals surface area contributed by atoms with Crippen LogP contribution in [0.25, 0.3) is 6.08 Å². The lowest BCUT2D eigenvalue weighted by Gasteiger charge is -1.99. The Hall–Kier alpha value is -0.790. The molecule has 0 aliphatic heterocycles. The van der Waals surface area contributed by atoms with Crippen LogP contribution in [0.3, 0.4) is 0 Å². The summed E-state index contributed by atoms with van der Waals surface area (Å²) < 4.78 is 0. The highest BCUT2D eigenvalue weighted by atomic mass is 35.5. The molecule has 0 spiro atoms. The minimum atomic E-state index is 0.0176. The second kappa shape index (κ2) is 5.34. The molecule has 15 heavy (non-hydrogen) atoms. The number of ketones is 1. The lowest BCUT2D eigenvalue weighted by atomic mass is 10.1. The topological polar surface area (TPSA) is 17.1 Å². The fourth-order valence-corrected chi connectivity index (χ4v) is 1.29. The van der Waals surface area contributed by atoms with E-state index in [-0.39, 0.29) is 11.7 Å². The largest absolute Gasteiger partial charge is 0.295 e. The molecule has 1 rings (SSSR count). The average Bonchev–Trinajstić information content (AvgIpc) is 2.19. The Balaban J connectivity index is 2.81. The van der Waals surface area contributed by atoms with Gasteiger partial charge in [-0.15, -0.1) is 0 Å². The van der Waals surface area contributed by atoms with E-state index in [0.717, 1.165) is 5.56 Å². The lowest BCUT2D eigenvalue weighted by molar-refractivity contribution is -0.117. The SMILES string of the molecule is CC(C)C(=O)/C=C\c1ccc(Cl)c(Cl)c1. The van der Waals surface area contributed by atoms with Crippen LogP contribution >= 0.6 is 23.2 Å². The van der Waals surface area contributed by atoms with Crippen LogP contribution in [0.15, 0.2) is 24.3 Å². The molecule has 3 heteroatoms. The summed E-state index contributed by atoms with van der Waals surface area (Å²) in [6.45, 7) is 3.73. The van der Waals surface area contributed by atoms with E-state index in [0.29, 0.717) is 10.0 Å². The number of rotatable bonds is 3. The van der Waals surface area contributed by atoms with Gasteiger partial charge in [0, 0.05) is 5.92 Å². The van der Waals surface area contributed by atoms with Gasteiger partial charge in [0.2, 0.25) is 0 Å². The van der Waals surface area contributed by atoms with E-state index in [1.807, 2.05) is 19.9 Å². The molecular formula is C12H12Cl2O. The van der Waals surface area contributed by atoms with Crippen molar-refractivity contribution in [1.82, 2.24) is 0 Å². The zero-order valence-electron chi connectivity index (χ0n) is 8.63. The van der Waals surface area contributed by atoms with Crippen molar-refractivity contribution < 1.29 is 4.79 Å². The molecule has 0 atom stereocenters. The third-order valence-corrected chi connectivity index (χ3v) is 2.69. The van der Waals surface area contributed by atoms with E-state index in [1.165, 1.54) is 0 Å². The van der Waals surface area contributed by atoms with Crippen molar-refractivity contribution in [2.24, 2.45) is 5.92 Å². The molecule has 0 N–H and O–H groups in total. The Morgan fingerprint density at radius 3 is 2.47 bits per heavy atom. The van der Waals surface area contributed by atoms with E-state index in [4.69, 9.17) is 23.2 Å². The number of benzene rings is 1. The Labute approximate surface area is 99.7 Å². The molecule has 1 aromatic rings. The smallest absolute Gasteiger partial charge is 0.158 e. The van der Waals surface area contributed by atoms with Crippen LogP contribution in [0.4, 0.5) is 0 Å². The summed E-state index contributed by atoms with van der Waals surface area (Å²) >= 11 is 11.6. The van der Waals surface area contributed by atoms with Crippen LogP contribution < -0.4 is 0 Å². The molecule has 0 amide bonds. The van der Waals surface area contributed by atoms with Gasteiger partial charge in [0.05, 0.1) is 10.0 Å². The van der Waals surface area contributed by atoms with Gasteiger partial charge in [0.1, 0.15) is 0 Å². The van der Waals surface area contributed by atoms with Crippen molar-refractivity contribution in [3.8, 4) is 0 Å². The number of hydrogen-bond donors (Lipinski definition) is 0. The zero-order chi connectivity index (χ0) is 11.4. The molecule has 0 saturated heterocycles. The van der Waals surface area contributed by atoms with Crippen molar-refractivity contribution >= 4 is 35.1 Å². The van der Waals surface area contributed by atoms with E-state index in [2.05, 4.69) is 0 Å². The monoisotopic (exact) mass is 242 g/mol. The first kappa shape index (κ1) is 12.3. The van der Waals surface area contributed by atoms with E-state index < -0.39 is 0 Å². The minimum absolute atomic E-state index is 0.0176. The molecule has 0 saturated carbocycles. The minimum Gasteiger partial charge on any atom is -0.295 e. The number of halogens is 2. The van der Waals surface area contributed by atoms with E-state index in [1.54, 1.807) is 24.3 Å². The van der Waals surface area contributed by atoms with Gasteiger partial charge < -0.3 is 0 Å². The number of carbonyl (C=O) groups is 1. The van der Waals surface area contributed by atoms with E-state index >= 15 is 0 Å². The maximum Gasteiger partial charge on any atom is 0.158 e. The van der Waals surface area contributed by atoms with Gasteiger partial charge in [-0.1, -0.05) is 49.2 Å². The van der Waals surface area contributed by atoms with Crippen LogP contribution in [-0.4, -0.2) is 5.78 Å². The van der Waals surface area contributed by atoms with Gasteiger partial charge in [0.15, 0.2) is 5.78 Å². The Morgan fingerprint density at radius 1 is 1.27 bits per heavy atom. The van der Waals surface area contributed by atoms with Crippen LogP contribution in [0.5, 0.6) is 0 Å². The first-order valence-corrected chi connectivity index (χ1v) is 5.43. The molecule has 0 aromatic heterocycles. The van der Waals surface area contributed by atoms with Gasteiger partial charge in [0.25, 0.3) is 0 Å². The van der Waals surface area contributed by atoms with Crippen molar-refractivity contribution in [2.75, 3.05) is 0 Å². The molecule has 0 aliphatic carbocycles. The fourth-order valence-electron chi connectivity index (χ4n) is 0.987. The number of hydrogen-bond acceptors (Lipinski definition) is 1. The Kier molecular flexibility index (Phi) is 4.37. The van der Waals surface area contributed by atoms with Crippen LogP contribution in [-0.2, 0) is 4.79 Å². The van der Waals surface area contributed by atoms with Crippen LogP contribution in [0.2, 0.25) is 10.0 Å². The zero-order valence-corrected chi connectivity index (χ0v) is 10.1. The molecule has 0 unspecified atom stereocenters. The van der Waals surface area contributed by atoms with Crippen LogP contribution in [0.1, 0.15) is 19.4 Å². The first-order chi connectivity index (χ1) is 7.00. The molecule has 1 aromatic carbocycles. The Bertz CT molecular complexity index is 395. The number of carbonyl (C=O) groups excluding carboxylic acids is 1. The van der Waals surface area contributed by atoms with Gasteiger partial charge in [-0.05, 0) is 23.8 Å². The third-order valence-electron chi connectivity index (χ3n) is 1.95. The molecule has 0 bridgehead atoms. The standard InChI is InChI=1S/C12H12Cl2O/c1-8(2)12(15)6-4-9-3-5-10(13)11(14)7-9/h3-8H,1-2H3/b6-4-. The van der Waals surface area contributed by atoms with Crippen molar-refractivity contribution in [2.45, 2.75) is 13.8 Å². The summed E-state index contributed by atoms with van der Waals surface area (Å²) in [7, 11) is 0. The molecule has 0 aliphatic rings. The summed E-state index contributed by atoms with van der Waals surface area (Å²) in [5, 5.41) is 1.01.